The van der Waals surface area contributed by atoms with Crippen molar-refractivity contribution in [1.29, 1.82) is 0 Å². The lowest BCUT2D eigenvalue weighted by atomic mass is 10.1. The van der Waals surface area contributed by atoms with Crippen LogP contribution in [0.25, 0.3) is 10.2 Å². The van der Waals surface area contributed by atoms with Crippen LogP contribution in [-0.4, -0.2) is 27.6 Å². The topological polar surface area (TPSA) is 72.4 Å². The van der Waals surface area contributed by atoms with Gasteiger partial charge in [-0.2, -0.15) is 0 Å². The molecular formula is C23H21N3O3S3. The fourth-order valence-corrected chi connectivity index (χ4v) is 5.89. The number of esters is 1. The Morgan fingerprint density at radius 3 is 2.69 bits per heavy atom. The molecule has 0 fully saturated rings. The van der Waals surface area contributed by atoms with E-state index in [-0.39, 0.29) is 24.2 Å². The van der Waals surface area contributed by atoms with Gasteiger partial charge in [-0.05, 0) is 37.6 Å². The molecule has 0 N–H and O–H groups in total. The number of anilines is 2. The van der Waals surface area contributed by atoms with Crippen molar-refractivity contribution >= 4 is 67.3 Å². The van der Waals surface area contributed by atoms with E-state index in [1.807, 2.05) is 61.7 Å². The Balaban J connectivity index is 1.36. The molecule has 4 aromatic rings. The molecule has 1 amide bonds. The van der Waals surface area contributed by atoms with Crippen molar-refractivity contribution in [2.45, 2.75) is 31.7 Å². The molecule has 164 valence electrons. The van der Waals surface area contributed by atoms with E-state index >= 15 is 0 Å². The number of ether oxygens (including phenoxy) is 1. The molecule has 0 bridgehead atoms. The lowest BCUT2D eigenvalue weighted by Crippen LogP contribution is -2.23. The number of hydrogen-bond donors (Lipinski definition) is 0. The van der Waals surface area contributed by atoms with Crippen LogP contribution in [0.1, 0.15) is 23.7 Å². The van der Waals surface area contributed by atoms with Crippen LogP contribution in [0.4, 0.5) is 10.8 Å². The second-order valence-corrected chi connectivity index (χ2v) is 10.3. The lowest BCUT2D eigenvalue weighted by Gasteiger charge is -2.20. The highest BCUT2D eigenvalue weighted by Gasteiger charge is 2.20. The van der Waals surface area contributed by atoms with Crippen LogP contribution >= 0.6 is 34.4 Å². The largest absolute Gasteiger partial charge is 0.459 e. The minimum Gasteiger partial charge on any atom is -0.459 e. The molecule has 2 aromatic heterocycles. The molecule has 0 aliphatic carbocycles. The van der Waals surface area contributed by atoms with Crippen molar-refractivity contribution in [3.05, 3.63) is 64.7 Å². The molecule has 0 radical (unpaired) electrons. The summed E-state index contributed by atoms with van der Waals surface area (Å²) in [5.74, 6) is -0.275. The van der Waals surface area contributed by atoms with E-state index in [2.05, 4.69) is 9.97 Å². The van der Waals surface area contributed by atoms with Crippen LogP contribution in [-0.2, 0) is 20.9 Å². The number of benzene rings is 2. The fourth-order valence-electron chi connectivity index (χ4n) is 3.16. The summed E-state index contributed by atoms with van der Waals surface area (Å²) in [5.41, 5.74) is 4.47. The number of thiazole rings is 2. The smallest absolute Gasteiger partial charge is 0.316 e. The van der Waals surface area contributed by atoms with Crippen LogP contribution < -0.4 is 4.90 Å². The zero-order valence-electron chi connectivity index (χ0n) is 17.8. The molecule has 6 nitrogen and oxygen atoms in total. The second-order valence-electron chi connectivity index (χ2n) is 7.16. The number of hydrogen-bond acceptors (Lipinski definition) is 8. The predicted octanol–water partition coefficient (Wildman–Crippen LogP) is 5.89. The first kappa shape index (κ1) is 22.4. The van der Waals surface area contributed by atoms with E-state index in [4.69, 9.17) is 4.74 Å². The van der Waals surface area contributed by atoms with Crippen molar-refractivity contribution in [3.8, 4) is 0 Å². The van der Waals surface area contributed by atoms with Crippen molar-refractivity contribution < 1.29 is 14.3 Å². The summed E-state index contributed by atoms with van der Waals surface area (Å²) in [7, 11) is 0. The number of carbonyl (C=O) groups excluding carboxylic acids is 2. The third-order valence-corrected chi connectivity index (χ3v) is 7.64. The first-order valence-corrected chi connectivity index (χ1v) is 12.6. The van der Waals surface area contributed by atoms with Crippen LogP contribution in [0.3, 0.4) is 0 Å². The minimum atomic E-state index is -0.332. The highest BCUT2D eigenvalue weighted by molar-refractivity contribution is 8.01. The van der Waals surface area contributed by atoms with Gasteiger partial charge in [-0.3, -0.25) is 14.5 Å². The predicted molar refractivity (Wildman–Crippen MR) is 131 cm³/mol. The molecule has 9 heteroatoms. The fraction of sp³-hybridized carbons (Fsp3) is 0.217. The normalized spacial score (nSPS) is 11.0. The van der Waals surface area contributed by atoms with Crippen molar-refractivity contribution in [1.82, 2.24) is 9.97 Å². The van der Waals surface area contributed by atoms with Gasteiger partial charge in [-0.25, -0.2) is 9.97 Å². The molecule has 0 unspecified atom stereocenters. The van der Waals surface area contributed by atoms with E-state index in [0.29, 0.717) is 10.8 Å². The van der Waals surface area contributed by atoms with Gasteiger partial charge in [0.15, 0.2) is 9.47 Å². The van der Waals surface area contributed by atoms with Gasteiger partial charge in [-0.1, -0.05) is 41.6 Å². The maximum atomic E-state index is 12.3. The number of para-hydroxylation sites is 1. The first-order chi connectivity index (χ1) is 15.4. The summed E-state index contributed by atoms with van der Waals surface area (Å²) >= 11 is 4.27. The Labute approximate surface area is 198 Å². The summed E-state index contributed by atoms with van der Waals surface area (Å²) in [5, 5.41) is 2.36. The SMILES string of the molecule is CC(=O)N(c1nc(COC(=O)CSc2nc3ccccc3s2)cs1)c1ccc(C)cc1C. The summed E-state index contributed by atoms with van der Waals surface area (Å²) in [6.45, 7) is 5.56. The molecule has 2 aromatic carbocycles. The molecule has 0 spiro atoms. The summed E-state index contributed by atoms with van der Waals surface area (Å²) in [6, 6.07) is 13.8. The number of aryl methyl sites for hydroxylation is 2. The summed E-state index contributed by atoms with van der Waals surface area (Å²) in [4.78, 5) is 35.2. The Hall–Kier alpha value is -2.75. The van der Waals surface area contributed by atoms with E-state index < -0.39 is 0 Å². The van der Waals surface area contributed by atoms with Gasteiger partial charge >= 0.3 is 5.97 Å². The molecule has 0 saturated heterocycles. The summed E-state index contributed by atoms with van der Waals surface area (Å²) in [6.07, 6.45) is 0. The van der Waals surface area contributed by atoms with Crippen LogP contribution in [0.15, 0.2) is 52.2 Å². The van der Waals surface area contributed by atoms with Crippen molar-refractivity contribution in [3.63, 3.8) is 0 Å². The average Bonchev–Trinajstić information content (AvgIpc) is 3.39. The Bertz CT molecular complexity index is 1250. The standard InChI is InChI=1S/C23H21N3O3S3/c1-14-8-9-19(15(2)10-14)26(16(3)27)22-24-17(12-30-22)11-29-21(28)13-31-23-25-18-6-4-5-7-20(18)32-23/h4-10,12H,11,13H2,1-3H3. The molecule has 4 rings (SSSR count). The zero-order chi connectivity index (χ0) is 22.7. The quantitative estimate of drug-likeness (QED) is 0.241. The van der Waals surface area contributed by atoms with Gasteiger partial charge in [0.25, 0.3) is 0 Å². The number of fused-ring (bicyclic) bond motifs is 1. The van der Waals surface area contributed by atoms with Crippen LogP contribution in [0, 0.1) is 13.8 Å². The average molecular weight is 484 g/mol. The lowest BCUT2D eigenvalue weighted by molar-refractivity contribution is -0.141. The first-order valence-electron chi connectivity index (χ1n) is 9.87. The van der Waals surface area contributed by atoms with E-state index in [1.54, 1.807) is 16.2 Å². The Morgan fingerprint density at radius 2 is 1.94 bits per heavy atom. The van der Waals surface area contributed by atoms with E-state index in [0.717, 1.165) is 31.4 Å². The van der Waals surface area contributed by atoms with Crippen molar-refractivity contribution in [2.24, 2.45) is 0 Å². The number of aromatic nitrogens is 2. The second kappa shape index (κ2) is 9.81. The maximum Gasteiger partial charge on any atom is 0.316 e. The number of amides is 1. The highest BCUT2D eigenvalue weighted by atomic mass is 32.2. The van der Waals surface area contributed by atoms with E-state index in [9.17, 15) is 9.59 Å². The minimum absolute atomic E-state index is 0.0639. The van der Waals surface area contributed by atoms with Crippen molar-refractivity contribution in [2.75, 3.05) is 10.7 Å². The van der Waals surface area contributed by atoms with Gasteiger partial charge in [-0.15, -0.1) is 22.7 Å². The zero-order valence-corrected chi connectivity index (χ0v) is 20.3. The highest BCUT2D eigenvalue weighted by Crippen LogP contribution is 2.32. The monoisotopic (exact) mass is 483 g/mol. The van der Waals surface area contributed by atoms with Gasteiger partial charge in [0.05, 0.1) is 27.4 Å². The van der Waals surface area contributed by atoms with Crippen LogP contribution in [0.5, 0.6) is 0 Å². The molecular weight excluding hydrogens is 462 g/mol. The molecule has 0 saturated carbocycles. The van der Waals surface area contributed by atoms with E-state index in [1.165, 1.54) is 30.0 Å². The number of carbonyl (C=O) groups is 2. The molecule has 0 aliphatic heterocycles. The van der Waals surface area contributed by atoms with Gasteiger partial charge in [0.1, 0.15) is 6.61 Å². The van der Waals surface area contributed by atoms with Gasteiger partial charge < -0.3 is 4.74 Å². The Morgan fingerprint density at radius 1 is 1.12 bits per heavy atom. The third kappa shape index (κ3) is 5.17. The maximum absolute atomic E-state index is 12.3. The van der Waals surface area contributed by atoms with Gasteiger partial charge in [0, 0.05) is 12.3 Å². The molecule has 0 atom stereocenters. The molecule has 32 heavy (non-hydrogen) atoms. The van der Waals surface area contributed by atoms with Crippen LogP contribution in [0.2, 0.25) is 0 Å². The number of thioether (sulfide) groups is 1. The number of rotatable bonds is 7. The third-order valence-electron chi connectivity index (χ3n) is 4.61. The molecule has 0 aliphatic rings. The summed E-state index contributed by atoms with van der Waals surface area (Å²) < 4.78 is 7.31. The molecule has 2 heterocycles. The number of nitrogens with zero attached hydrogens (tertiary/aromatic N) is 3. The Kier molecular flexibility index (Phi) is 6.88. The van der Waals surface area contributed by atoms with Gasteiger partial charge in [0.2, 0.25) is 5.91 Å².